The van der Waals surface area contributed by atoms with E-state index in [1.54, 1.807) is 6.07 Å². The highest BCUT2D eigenvalue weighted by atomic mass is 16.5. The number of ether oxygens (including phenoxy) is 3. The Hall–Kier alpha value is -2.78. The number of aromatic amines is 1. The summed E-state index contributed by atoms with van der Waals surface area (Å²) >= 11 is 0. The van der Waals surface area contributed by atoms with Crippen molar-refractivity contribution in [3.8, 4) is 17.2 Å². The molecule has 3 heterocycles. The first-order chi connectivity index (χ1) is 15.1. The van der Waals surface area contributed by atoms with E-state index in [1.807, 2.05) is 12.1 Å². The van der Waals surface area contributed by atoms with Gasteiger partial charge in [0, 0.05) is 38.2 Å². The maximum atomic E-state index is 12.3. The average molecular weight is 431 g/mol. The molecule has 0 radical (unpaired) electrons. The van der Waals surface area contributed by atoms with E-state index in [0.717, 1.165) is 50.3 Å². The van der Waals surface area contributed by atoms with Crippen molar-refractivity contribution in [1.82, 2.24) is 14.9 Å². The predicted molar refractivity (Wildman–Crippen MR) is 116 cm³/mol. The van der Waals surface area contributed by atoms with Crippen LogP contribution in [0.5, 0.6) is 17.2 Å². The summed E-state index contributed by atoms with van der Waals surface area (Å²) in [6.07, 6.45) is 2.02. The second-order valence-electron chi connectivity index (χ2n) is 8.02. The molecule has 2 aromatic rings. The molecule has 0 bridgehead atoms. The van der Waals surface area contributed by atoms with Crippen molar-refractivity contribution in [2.24, 2.45) is 0 Å². The van der Waals surface area contributed by atoms with Gasteiger partial charge in [0.05, 0.1) is 33.1 Å². The van der Waals surface area contributed by atoms with Gasteiger partial charge in [-0.15, -0.1) is 0 Å². The van der Waals surface area contributed by atoms with E-state index in [9.17, 15) is 9.90 Å². The molecular weight excluding hydrogens is 400 g/mol. The minimum Gasteiger partial charge on any atom is -0.502 e. The van der Waals surface area contributed by atoms with E-state index in [0.29, 0.717) is 37.2 Å². The van der Waals surface area contributed by atoms with E-state index >= 15 is 0 Å². The first-order valence-corrected chi connectivity index (χ1v) is 10.7. The van der Waals surface area contributed by atoms with Gasteiger partial charge in [-0.1, -0.05) is 0 Å². The Morgan fingerprint density at radius 2 is 1.87 bits per heavy atom. The van der Waals surface area contributed by atoms with Gasteiger partial charge in [0.15, 0.2) is 11.5 Å². The maximum Gasteiger partial charge on any atom is 0.252 e. The third-order valence-electron chi connectivity index (χ3n) is 5.93. The number of nitrogens with zero attached hydrogens (tertiary/aromatic N) is 3. The van der Waals surface area contributed by atoms with E-state index in [4.69, 9.17) is 19.2 Å². The van der Waals surface area contributed by atoms with Crippen molar-refractivity contribution in [2.75, 3.05) is 58.5 Å². The molecule has 0 spiro atoms. The van der Waals surface area contributed by atoms with Crippen LogP contribution >= 0.6 is 0 Å². The molecule has 1 aromatic heterocycles. The summed E-state index contributed by atoms with van der Waals surface area (Å²) in [6.45, 7) is 5.21. The number of phenolic OH excluding ortho intramolecular Hbond substituents is 1. The standard InChI is InChI=1S/C22H30N4O5/c1-29-18-10-15(11-19(30-2)21(18)28)13-25-5-3-4-16(14-25)17-12-20(27)24-22(23-17)26-6-8-31-9-7-26/h10-12,16,28H,3-9,13-14H2,1-2H3,(H,23,24,27). The highest BCUT2D eigenvalue weighted by Crippen LogP contribution is 2.38. The number of rotatable bonds is 6. The van der Waals surface area contributed by atoms with Crippen LogP contribution in [-0.2, 0) is 11.3 Å². The first-order valence-electron chi connectivity index (χ1n) is 10.7. The summed E-state index contributed by atoms with van der Waals surface area (Å²) < 4.78 is 16.0. The van der Waals surface area contributed by atoms with Crippen molar-refractivity contribution in [1.29, 1.82) is 0 Å². The van der Waals surface area contributed by atoms with Crippen LogP contribution in [0.25, 0.3) is 0 Å². The largest absolute Gasteiger partial charge is 0.502 e. The topological polar surface area (TPSA) is 100 Å². The molecule has 168 valence electrons. The summed E-state index contributed by atoms with van der Waals surface area (Å²) in [4.78, 5) is 24.4. The van der Waals surface area contributed by atoms with Crippen LogP contribution in [0.3, 0.4) is 0 Å². The lowest BCUT2D eigenvalue weighted by molar-refractivity contribution is 0.122. The lowest BCUT2D eigenvalue weighted by Gasteiger charge is -2.33. The van der Waals surface area contributed by atoms with Crippen molar-refractivity contribution in [3.63, 3.8) is 0 Å². The van der Waals surface area contributed by atoms with Crippen LogP contribution in [0.15, 0.2) is 23.0 Å². The minimum atomic E-state index is -0.114. The zero-order chi connectivity index (χ0) is 21.8. The summed E-state index contributed by atoms with van der Waals surface area (Å²) in [5, 5.41) is 10.2. The normalized spacial score (nSPS) is 19.9. The molecule has 0 amide bonds. The molecule has 0 aliphatic carbocycles. The van der Waals surface area contributed by atoms with Gasteiger partial charge in [0.25, 0.3) is 5.56 Å². The number of benzene rings is 1. The quantitative estimate of drug-likeness (QED) is 0.715. The molecule has 2 fully saturated rings. The predicted octanol–water partition coefficient (Wildman–Crippen LogP) is 1.71. The highest BCUT2D eigenvalue weighted by molar-refractivity contribution is 5.52. The number of nitrogens with one attached hydrogen (secondary N) is 1. The SMILES string of the molecule is COc1cc(CN2CCCC(c3cc(=O)[nH]c(N4CCOCC4)n3)C2)cc(OC)c1O. The van der Waals surface area contributed by atoms with Crippen LogP contribution in [0.4, 0.5) is 5.95 Å². The van der Waals surface area contributed by atoms with Crippen molar-refractivity contribution < 1.29 is 19.3 Å². The molecule has 2 saturated heterocycles. The Bertz CT molecular complexity index is 932. The summed E-state index contributed by atoms with van der Waals surface area (Å²) in [5.74, 6) is 1.63. The van der Waals surface area contributed by atoms with Crippen LogP contribution in [0, 0.1) is 0 Å². The van der Waals surface area contributed by atoms with Crippen LogP contribution in [0.2, 0.25) is 0 Å². The third kappa shape index (κ3) is 4.94. The van der Waals surface area contributed by atoms with E-state index in [2.05, 4.69) is 14.8 Å². The van der Waals surface area contributed by atoms with Gasteiger partial charge >= 0.3 is 0 Å². The smallest absolute Gasteiger partial charge is 0.252 e. The Kier molecular flexibility index (Phi) is 6.62. The van der Waals surface area contributed by atoms with E-state index in [1.165, 1.54) is 14.2 Å². The lowest BCUT2D eigenvalue weighted by Crippen LogP contribution is -2.39. The molecule has 1 atom stereocenters. The number of phenols is 1. The number of hydrogen-bond acceptors (Lipinski definition) is 8. The monoisotopic (exact) mass is 430 g/mol. The van der Waals surface area contributed by atoms with Gasteiger partial charge in [0.2, 0.25) is 11.7 Å². The van der Waals surface area contributed by atoms with E-state index < -0.39 is 0 Å². The fraction of sp³-hybridized carbons (Fsp3) is 0.545. The lowest BCUT2D eigenvalue weighted by atomic mass is 9.94. The molecule has 2 N–H and O–H groups in total. The highest BCUT2D eigenvalue weighted by Gasteiger charge is 2.25. The molecule has 9 nitrogen and oxygen atoms in total. The number of H-pyrrole nitrogens is 1. The minimum absolute atomic E-state index is 0.00798. The zero-order valence-electron chi connectivity index (χ0n) is 18.1. The molecule has 31 heavy (non-hydrogen) atoms. The molecule has 2 aliphatic rings. The Labute approximate surface area is 181 Å². The number of aromatic hydroxyl groups is 1. The average Bonchev–Trinajstić information content (AvgIpc) is 2.80. The molecule has 4 rings (SSSR count). The number of aromatic nitrogens is 2. The fourth-order valence-corrected chi connectivity index (χ4v) is 4.33. The second-order valence-corrected chi connectivity index (χ2v) is 8.02. The Morgan fingerprint density at radius 3 is 2.55 bits per heavy atom. The van der Waals surface area contributed by atoms with Crippen LogP contribution in [0.1, 0.15) is 30.0 Å². The number of piperidine rings is 1. The number of morpholine rings is 1. The number of hydrogen-bond donors (Lipinski definition) is 2. The van der Waals surface area contributed by atoms with Crippen molar-refractivity contribution in [3.05, 3.63) is 39.8 Å². The molecule has 0 saturated carbocycles. The second kappa shape index (κ2) is 9.57. The van der Waals surface area contributed by atoms with Crippen molar-refractivity contribution >= 4 is 5.95 Å². The number of methoxy groups -OCH3 is 2. The third-order valence-corrected chi connectivity index (χ3v) is 5.93. The summed E-state index contributed by atoms with van der Waals surface area (Å²) in [6, 6.07) is 5.30. The summed E-state index contributed by atoms with van der Waals surface area (Å²) in [7, 11) is 3.06. The van der Waals surface area contributed by atoms with Crippen molar-refractivity contribution in [2.45, 2.75) is 25.3 Å². The van der Waals surface area contributed by atoms with Crippen LogP contribution < -0.4 is 19.9 Å². The van der Waals surface area contributed by atoms with Gasteiger partial charge in [-0.3, -0.25) is 14.7 Å². The molecule has 1 unspecified atom stereocenters. The van der Waals surface area contributed by atoms with Gasteiger partial charge < -0.3 is 24.2 Å². The summed E-state index contributed by atoms with van der Waals surface area (Å²) in [5.41, 5.74) is 1.73. The Balaban J connectivity index is 1.50. The van der Waals surface area contributed by atoms with Gasteiger partial charge in [-0.25, -0.2) is 4.98 Å². The van der Waals surface area contributed by atoms with Gasteiger partial charge in [-0.05, 0) is 37.1 Å². The molecular formula is C22H30N4O5. The fourth-order valence-electron chi connectivity index (χ4n) is 4.33. The van der Waals surface area contributed by atoms with Crippen LogP contribution in [-0.4, -0.2) is 73.6 Å². The Morgan fingerprint density at radius 1 is 1.16 bits per heavy atom. The molecule has 9 heteroatoms. The first kappa shape index (κ1) is 21.5. The number of likely N-dealkylation sites (tertiary alicyclic amines) is 1. The maximum absolute atomic E-state index is 12.3. The molecule has 2 aliphatic heterocycles. The number of anilines is 1. The van der Waals surface area contributed by atoms with Gasteiger partial charge in [0.1, 0.15) is 0 Å². The molecule has 1 aromatic carbocycles. The zero-order valence-corrected chi connectivity index (χ0v) is 18.1. The van der Waals surface area contributed by atoms with Gasteiger partial charge in [-0.2, -0.15) is 0 Å². The van der Waals surface area contributed by atoms with E-state index in [-0.39, 0.29) is 17.2 Å².